The number of likely N-dealkylation sites (N-methyl/N-ethyl adjacent to an activating group) is 1. The quantitative estimate of drug-likeness (QED) is 0.786. The van der Waals surface area contributed by atoms with Crippen molar-refractivity contribution in [2.75, 3.05) is 52.9 Å². The van der Waals surface area contributed by atoms with E-state index in [9.17, 15) is 5.11 Å². The highest BCUT2D eigenvalue weighted by Crippen LogP contribution is 2.12. The van der Waals surface area contributed by atoms with Crippen molar-refractivity contribution in [3.63, 3.8) is 0 Å². The summed E-state index contributed by atoms with van der Waals surface area (Å²) in [7, 11) is 2.08. The molecule has 2 rings (SSSR count). The molecule has 2 N–H and O–H groups in total. The summed E-state index contributed by atoms with van der Waals surface area (Å²) in [6.45, 7) is 7.23. The first-order valence-corrected chi connectivity index (χ1v) is 7.10. The molecule has 4 heteroatoms. The number of piperazine rings is 1. The van der Waals surface area contributed by atoms with Gasteiger partial charge in [0.2, 0.25) is 0 Å². The van der Waals surface area contributed by atoms with E-state index in [-0.39, 0.29) is 0 Å². The van der Waals surface area contributed by atoms with Crippen LogP contribution in [0.2, 0.25) is 0 Å². The zero-order valence-electron chi connectivity index (χ0n) is 11.8. The summed E-state index contributed by atoms with van der Waals surface area (Å²) in [6.07, 6.45) is -0.394. The average Bonchev–Trinajstić information content (AvgIpc) is 2.47. The number of nitrogens with zero attached hydrogens (tertiary/aromatic N) is 2. The van der Waals surface area contributed by atoms with Crippen molar-refractivity contribution in [3.05, 3.63) is 35.9 Å². The van der Waals surface area contributed by atoms with E-state index >= 15 is 0 Å². The lowest BCUT2D eigenvalue weighted by Crippen LogP contribution is -2.46. The molecule has 0 saturated carbocycles. The normalized spacial score (nSPS) is 18.7. The van der Waals surface area contributed by atoms with Crippen molar-refractivity contribution in [2.45, 2.75) is 6.10 Å². The standard InChI is InChI=1S/C15H25N3O/c1-17(11-12-18-9-7-16-8-10-18)13-15(19)14-5-3-2-4-6-14/h2-6,15-16,19H,7-13H2,1H3. The molecule has 0 aromatic heterocycles. The number of aliphatic hydroxyl groups excluding tert-OH is 1. The maximum atomic E-state index is 10.2. The van der Waals surface area contributed by atoms with E-state index in [4.69, 9.17) is 0 Å². The minimum atomic E-state index is -0.394. The predicted molar refractivity (Wildman–Crippen MR) is 78.2 cm³/mol. The third kappa shape index (κ3) is 4.91. The van der Waals surface area contributed by atoms with Gasteiger partial charge in [0.1, 0.15) is 0 Å². The molecule has 0 aliphatic carbocycles. The van der Waals surface area contributed by atoms with Gasteiger partial charge in [-0.05, 0) is 12.6 Å². The molecule has 1 aliphatic rings. The first-order chi connectivity index (χ1) is 9.25. The van der Waals surface area contributed by atoms with Gasteiger partial charge in [-0.2, -0.15) is 0 Å². The molecule has 106 valence electrons. The van der Waals surface area contributed by atoms with Crippen LogP contribution < -0.4 is 5.32 Å². The second-order valence-corrected chi connectivity index (χ2v) is 5.28. The Balaban J connectivity index is 1.70. The average molecular weight is 263 g/mol. The van der Waals surface area contributed by atoms with Crippen molar-refractivity contribution < 1.29 is 5.11 Å². The van der Waals surface area contributed by atoms with Gasteiger partial charge in [0.25, 0.3) is 0 Å². The van der Waals surface area contributed by atoms with Crippen molar-refractivity contribution >= 4 is 0 Å². The van der Waals surface area contributed by atoms with Crippen LogP contribution in [0.15, 0.2) is 30.3 Å². The predicted octanol–water partition coefficient (Wildman–Crippen LogP) is 0.557. The van der Waals surface area contributed by atoms with Crippen LogP contribution in [0.3, 0.4) is 0 Å². The van der Waals surface area contributed by atoms with Gasteiger partial charge in [-0.25, -0.2) is 0 Å². The van der Waals surface area contributed by atoms with E-state index in [0.29, 0.717) is 6.54 Å². The number of benzene rings is 1. The van der Waals surface area contributed by atoms with E-state index in [0.717, 1.165) is 44.8 Å². The molecule has 0 spiro atoms. The molecule has 1 fully saturated rings. The Morgan fingerprint density at radius 1 is 1.26 bits per heavy atom. The topological polar surface area (TPSA) is 38.7 Å². The largest absolute Gasteiger partial charge is 0.387 e. The molecule has 1 heterocycles. The van der Waals surface area contributed by atoms with E-state index in [1.54, 1.807) is 0 Å². The van der Waals surface area contributed by atoms with Gasteiger partial charge in [-0.3, -0.25) is 4.90 Å². The molecule has 0 amide bonds. The Kier molecular flexibility index (Phi) is 5.79. The van der Waals surface area contributed by atoms with Crippen LogP contribution in [-0.4, -0.2) is 67.8 Å². The molecular formula is C15H25N3O. The highest BCUT2D eigenvalue weighted by Gasteiger charge is 2.13. The molecule has 19 heavy (non-hydrogen) atoms. The lowest BCUT2D eigenvalue weighted by Gasteiger charge is -2.29. The van der Waals surface area contributed by atoms with Gasteiger partial charge in [-0.1, -0.05) is 30.3 Å². The molecule has 1 aliphatic heterocycles. The Bertz CT molecular complexity index is 352. The summed E-state index contributed by atoms with van der Waals surface area (Å²) in [6, 6.07) is 9.88. The first-order valence-electron chi connectivity index (χ1n) is 7.10. The minimum Gasteiger partial charge on any atom is -0.387 e. The fourth-order valence-corrected chi connectivity index (χ4v) is 2.41. The second kappa shape index (κ2) is 7.60. The summed E-state index contributed by atoms with van der Waals surface area (Å²) >= 11 is 0. The van der Waals surface area contributed by atoms with Gasteiger partial charge < -0.3 is 15.3 Å². The van der Waals surface area contributed by atoms with Crippen LogP contribution in [0.5, 0.6) is 0 Å². The molecular weight excluding hydrogens is 238 g/mol. The maximum Gasteiger partial charge on any atom is 0.0916 e. The molecule has 1 aromatic rings. The Morgan fingerprint density at radius 2 is 1.95 bits per heavy atom. The van der Waals surface area contributed by atoms with Gasteiger partial charge in [0, 0.05) is 45.8 Å². The summed E-state index contributed by atoms with van der Waals surface area (Å²) in [5, 5.41) is 13.5. The smallest absolute Gasteiger partial charge is 0.0916 e. The van der Waals surface area contributed by atoms with Crippen LogP contribution in [0.1, 0.15) is 11.7 Å². The zero-order valence-corrected chi connectivity index (χ0v) is 11.8. The molecule has 0 radical (unpaired) electrons. The summed E-state index contributed by atoms with van der Waals surface area (Å²) < 4.78 is 0. The maximum absolute atomic E-state index is 10.2. The van der Waals surface area contributed by atoms with Crippen molar-refractivity contribution in [1.82, 2.24) is 15.1 Å². The van der Waals surface area contributed by atoms with Gasteiger partial charge in [0.15, 0.2) is 0 Å². The summed E-state index contributed by atoms with van der Waals surface area (Å²) in [5.41, 5.74) is 0.997. The zero-order chi connectivity index (χ0) is 13.5. The molecule has 1 saturated heterocycles. The van der Waals surface area contributed by atoms with Crippen LogP contribution in [0.25, 0.3) is 0 Å². The summed E-state index contributed by atoms with van der Waals surface area (Å²) in [4.78, 5) is 4.68. The van der Waals surface area contributed by atoms with Gasteiger partial charge in [0.05, 0.1) is 6.10 Å². The Hall–Kier alpha value is -0.940. The molecule has 1 unspecified atom stereocenters. The van der Waals surface area contributed by atoms with Crippen LogP contribution >= 0.6 is 0 Å². The number of hydrogen-bond acceptors (Lipinski definition) is 4. The third-order valence-electron chi connectivity index (χ3n) is 3.68. The monoisotopic (exact) mass is 263 g/mol. The highest BCUT2D eigenvalue weighted by atomic mass is 16.3. The SMILES string of the molecule is CN(CCN1CCNCC1)CC(O)c1ccccc1. The first kappa shape index (κ1) is 14.5. The Labute approximate surface area is 116 Å². The van der Waals surface area contributed by atoms with Gasteiger partial charge in [-0.15, -0.1) is 0 Å². The molecule has 4 nitrogen and oxygen atoms in total. The fourth-order valence-electron chi connectivity index (χ4n) is 2.41. The molecule has 0 bridgehead atoms. The van der Waals surface area contributed by atoms with Gasteiger partial charge >= 0.3 is 0 Å². The van der Waals surface area contributed by atoms with Crippen LogP contribution in [-0.2, 0) is 0 Å². The minimum absolute atomic E-state index is 0.394. The molecule has 1 atom stereocenters. The lowest BCUT2D eigenvalue weighted by molar-refractivity contribution is 0.117. The molecule has 1 aromatic carbocycles. The number of hydrogen-bond donors (Lipinski definition) is 2. The fraction of sp³-hybridized carbons (Fsp3) is 0.600. The van der Waals surface area contributed by atoms with E-state index in [1.165, 1.54) is 0 Å². The lowest BCUT2D eigenvalue weighted by atomic mass is 10.1. The van der Waals surface area contributed by atoms with E-state index in [2.05, 4.69) is 22.2 Å². The van der Waals surface area contributed by atoms with E-state index < -0.39 is 6.10 Å². The number of aliphatic hydroxyl groups is 1. The highest BCUT2D eigenvalue weighted by molar-refractivity contribution is 5.17. The van der Waals surface area contributed by atoms with Crippen molar-refractivity contribution in [2.24, 2.45) is 0 Å². The van der Waals surface area contributed by atoms with E-state index in [1.807, 2.05) is 30.3 Å². The third-order valence-corrected chi connectivity index (χ3v) is 3.68. The van der Waals surface area contributed by atoms with Crippen molar-refractivity contribution in [1.29, 1.82) is 0 Å². The summed E-state index contributed by atoms with van der Waals surface area (Å²) in [5.74, 6) is 0. The second-order valence-electron chi connectivity index (χ2n) is 5.28. The van der Waals surface area contributed by atoms with Crippen LogP contribution in [0, 0.1) is 0 Å². The number of rotatable bonds is 6. The van der Waals surface area contributed by atoms with Crippen LogP contribution in [0.4, 0.5) is 0 Å². The number of nitrogens with one attached hydrogen (secondary N) is 1. The van der Waals surface area contributed by atoms with Crippen molar-refractivity contribution in [3.8, 4) is 0 Å². The Morgan fingerprint density at radius 3 is 2.63 bits per heavy atom.